The normalized spacial score (nSPS) is 15.3. The monoisotopic (exact) mass is 383 g/mol. The highest BCUT2D eigenvalue weighted by Crippen LogP contribution is 2.21. The molecule has 1 saturated heterocycles. The SMILES string of the molecule is O=C(NCc1ccc(S(=O)(=O)N2CCCC2)cc1)n1ccc2ccccc21. The Labute approximate surface area is 158 Å². The van der Waals surface area contributed by atoms with Gasteiger partial charge in [-0.1, -0.05) is 30.3 Å². The Kier molecular flexibility index (Phi) is 4.72. The number of nitrogens with one attached hydrogen (secondary N) is 1. The van der Waals surface area contributed by atoms with Gasteiger partial charge in [-0.15, -0.1) is 0 Å². The summed E-state index contributed by atoms with van der Waals surface area (Å²) in [5.74, 6) is 0. The van der Waals surface area contributed by atoms with E-state index in [1.54, 1.807) is 35.0 Å². The van der Waals surface area contributed by atoms with E-state index >= 15 is 0 Å². The maximum Gasteiger partial charge on any atom is 0.326 e. The van der Waals surface area contributed by atoms with E-state index in [1.165, 1.54) is 4.31 Å². The van der Waals surface area contributed by atoms with Gasteiger partial charge in [-0.3, -0.25) is 4.57 Å². The first-order valence-electron chi connectivity index (χ1n) is 8.99. The third-order valence-corrected chi connectivity index (χ3v) is 6.80. The number of nitrogens with zero attached hydrogens (tertiary/aromatic N) is 2. The van der Waals surface area contributed by atoms with Gasteiger partial charge in [0.05, 0.1) is 10.4 Å². The van der Waals surface area contributed by atoms with Crippen molar-refractivity contribution >= 4 is 27.0 Å². The predicted molar refractivity (Wildman–Crippen MR) is 104 cm³/mol. The molecule has 0 atom stereocenters. The van der Waals surface area contributed by atoms with E-state index in [1.807, 2.05) is 30.3 Å². The van der Waals surface area contributed by atoms with Gasteiger partial charge in [0.25, 0.3) is 0 Å². The number of rotatable bonds is 4. The van der Waals surface area contributed by atoms with Crippen LogP contribution in [-0.2, 0) is 16.6 Å². The third-order valence-electron chi connectivity index (χ3n) is 4.89. The van der Waals surface area contributed by atoms with Gasteiger partial charge in [0, 0.05) is 31.2 Å². The van der Waals surface area contributed by atoms with Crippen LogP contribution in [0.25, 0.3) is 10.9 Å². The Morgan fingerprint density at radius 1 is 0.963 bits per heavy atom. The quantitative estimate of drug-likeness (QED) is 0.752. The zero-order valence-electron chi connectivity index (χ0n) is 14.8. The zero-order valence-corrected chi connectivity index (χ0v) is 15.7. The number of benzene rings is 2. The van der Waals surface area contributed by atoms with Crippen molar-refractivity contribution in [1.82, 2.24) is 14.2 Å². The van der Waals surface area contributed by atoms with Crippen molar-refractivity contribution in [3.8, 4) is 0 Å². The third kappa shape index (κ3) is 3.48. The standard InChI is InChI=1S/C20H21N3O3S/c24-20(23-14-11-17-5-1-2-6-19(17)23)21-15-16-7-9-18(10-8-16)27(25,26)22-12-3-4-13-22/h1-2,5-11,14H,3-4,12-13,15H2,(H,21,24). The first-order chi connectivity index (χ1) is 13.1. The molecule has 0 saturated carbocycles. The number of amides is 1. The molecule has 2 aromatic carbocycles. The summed E-state index contributed by atoms with van der Waals surface area (Å²) in [4.78, 5) is 12.7. The molecule has 140 valence electrons. The molecule has 27 heavy (non-hydrogen) atoms. The lowest BCUT2D eigenvalue weighted by Gasteiger charge is -2.15. The molecule has 1 N–H and O–H groups in total. The maximum absolute atomic E-state index is 12.5. The van der Waals surface area contributed by atoms with Crippen LogP contribution in [0.4, 0.5) is 4.79 Å². The van der Waals surface area contributed by atoms with Crippen LogP contribution in [-0.4, -0.2) is 36.4 Å². The Hall–Kier alpha value is -2.64. The summed E-state index contributed by atoms with van der Waals surface area (Å²) < 4.78 is 28.2. The Morgan fingerprint density at radius 2 is 1.67 bits per heavy atom. The molecular formula is C20H21N3O3S. The lowest BCUT2D eigenvalue weighted by atomic mass is 10.2. The first kappa shape index (κ1) is 17.8. The van der Waals surface area contributed by atoms with Crippen molar-refractivity contribution < 1.29 is 13.2 Å². The van der Waals surface area contributed by atoms with E-state index in [9.17, 15) is 13.2 Å². The van der Waals surface area contributed by atoms with Gasteiger partial charge in [-0.2, -0.15) is 4.31 Å². The van der Waals surface area contributed by atoms with E-state index in [-0.39, 0.29) is 6.03 Å². The van der Waals surface area contributed by atoms with E-state index in [0.717, 1.165) is 29.3 Å². The molecule has 1 aliphatic heterocycles. The highest BCUT2D eigenvalue weighted by molar-refractivity contribution is 7.89. The molecule has 7 heteroatoms. The summed E-state index contributed by atoms with van der Waals surface area (Å²) in [6, 6.07) is 16.1. The summed E-state index contributed by atoms with van der Waals surface area (Å²) >= 11 is 0. The van der Waals surface area contributed by atoms with E-state index in [0.29, 0.717) is 24.5 Å². The lowest BCUT2D eigenvalue weighted by Crippen LogP contribution is -2.28. The molecule has 1 aliphatic rings. The van der Waals surface area contributed by atoms with Crippen molar-refractivity contribution in [2.45, 2.75) is 24.3 Å². The largest absolute Gasteiger partial charge is 0.333 e. The van der Waals surface area contributed by atoms with Crippen LogP contribution in [0, 0.1) is 0 Å². The highest BCUT2D eigenvalue weighted by atomic mass is 32.2. The minimum Gasteiger partial charge on any atom is -0.333 e. The van der Waals surface area contributed by atoms with Crippen molar-refractivity contribution in [3.63, 3.8) is 0 Å². The van der Waals surface area contributed by atoms with Gasteiger partial charge in [0.2, 0.25) is 10.0 Å². The smallest absolute Gasteiger partial charge is 0.326 e. The molecule has 3 aromatic rings. The Bertz CT molecular complexity index is 1070. The molecule has 6 nitrogen and oxygen atoms in total. The number of aromatic nitrogens is 1. The fourth-order valence-electron chi connectivity index (χ4n) is 3.38. The first-order valence-corrected chi connectivity index (χ1v) is 10.4. The van der Waals surface area contributed by atoms with Crippen molar-refractivity contribution in [3.05, 3.63) is 66.4 Å². The number of para-hydroxylation sites is 1. The van der Waals surface area contributed by atoms with Crippen molar-refractivity contribution in [1.29, 1.82) is 0 Å². The van der Waals surface area contributed by atoms with Crippen LogP contribution in [0.3, 0.4) is 0 Å². The van der Waals surface area contributed by atoms with Crippen LogP contribution in [0.1, 0.15) is 18.4 Å². The van der Waals surface area contributed by atoms with E-state index < -0.39 is 10.0 Å². The molecule has 0 aliphatic carbocycles. The van der Waals surface area contributed by atoms with E-state index in [2.05, 4.69) is 5.32 Å². The average molecular weight is 383 g/mol. The topological polar surface area (TPSA) is 71.4 Å². The molecule has 1 fully saturated rings. The molecule has 0 bridgehead atoms. The summed E-state index contributed by atoms with van der Waals surface area (Å²) in [6.07, 6.45) is 3.57. The average Bonchev–Trinajstić information content (AvgIpc) is 3.36. The molecule has 1 amide bonds. The molecule has 0 spiro atoms. The minimum absolute atomic E-state index is 0.218. The Morgan fingerprint density at radius 3 is 2.41 bits per heavy atom. The zero-order chi connectivity index (χ0) is 18.9. The van der Waals surface area contributed by atoms with Crippen LogP contribution in [0.5, 0.6) is 0 Å². The van der Waals surface area contributed by atoms with Crippen LogP contribution < -0.4 is 5.32 Å². The molecule has 0 radical (unpaired) electrons. The summed E-state index contributed by atoms with van der Waals surface area (Å²) in [7, 11) is -3.40. The van der Waals surface area contributed by atoms with Crippen LogP contribution in [0.15, 0.2) is 65.7 Å². The number of carbonyl (C=O) groups excluding carboxylic acids is 1. The molecular weight excluding hydrogens is 362 g/mol. The predicted octanol–water partition coefficient (Wildman–Crippen LogP) is 3.18. The number of sulfonamides is 1. The Balaban J connectivity index is 1.44. The van der Waals surface area contributed by atoms with Gasteiger partial charge < -0.3 is 5.32 Å². The number of hydrogen-bond donors (Lipinski definition) is 1. The summed E-state index contributed by atoms with van der Waals surface area (Å²) in [5.41, 5.74) is 1.70. The van der Waals surface area contributed by atoms with Gasteiger partial charge >= 0.3 is 6.03 Å². The highest BCUT2D eigenvalue weighted by Gasteiger charge is 2.26. The summed E-state index contributed by atoms with van der Waals surface area (Å²) in [5, 5.41) is 3.87. The van der Waals surface area contributed by atoms with Crippen molar-refractivity contribution in [2.24, 2.45) is 0 Å². The fraction of sp³-hybridized carbons (Fsp3) is 0.250. The molecule has 4 rings (SSSR count). The number of carbonyl (C=O) groups is 1. The number of fused-ring (bicyclic) bond motifs is 1. The van der Waals surface area contributed by atoms with Gasteiger partial charge in [-0.25, -0.2) is 13.2 Å². The number of hydrogen-bond acceptors (Lipinski definition) is 3. The van der Waals surface area contributed by atoms with E-state index in [4.69, 9.17) is 0 Å². The van der Waals surface area contributed by atoms with Crippen LogP contribution in [0.2, 0.25) is 0 Å². The lowest BCUT2D eigenvalue weighted by molar-refractivity contribution is 0.243. The second-order valence-electron chi connectivity index (χ2n) is 6.66. The molecule has 1 aromatic heterocycles. The second kappa shape index (κ2) is 7.17. The fourth-order valence-corrected chi connectivity index (χ4v) is 4.90. The van der Waals surface area contributed by atoms with Crippen LogP contribution >= 0.6 is 0 Å². The van der Waals surface area contributed by atoms with Gasteiger partial charge in [0.15, 0.2) is 0 Å². The maximum atomic E-state index is 12.5. The van der Waals surface area contributed by atoms with Crippen molar-refractivity contribution in [2.75, 3.05) is 13.1 Å². The second-order valence-corrected chi connectivity index (χ2v) is 8.60. The van der Waals surface area contributed by atoms with Gasteiger partial charge in [0.1, 0.15) is 0 Å². The molecule has 0 unspecified atom stereocenters. The summed E-state index contributed by atoms with van der Waals surface area (Å²) in [6.45, 7) is 1.51. The molecule has 2 heterocycles. The minimum atomic E-state index is -3.40. The van der Waals surface area contributed by atoms with Gasteiger partial charge in [-0.05, 0) is 42.7 Å².